The molecule has 2 fully saturated rings. The van der Waals surface area contributed by atoms with E-state index in [1.54, 1.807) is 23.6 Å². The second-order valence-corrected chi connectivity index (χ2v) is 11.0. The molecule has 4 rings (SSSR count). The van der Waals surface area contributed by atoms with Crippen molar-refractivity contribution in [2.24, 2.45) is 17.1 Å². The first-order valence-corrected chi connectivity index (χ1v) is 12.9. The lowest BCUT2D eigenvalue weighted by atomic mass is 9.69. The zero-order valence-corrected chi connectivity index (χ0v) is 23.2. The maximum absolute atomic E-state index is 13.8. The third-order valence-corrected chi connectivity index (χ3v) is 7.53. The molecule has 0 radical (unpaired) electrons. The summed E-state index contributed by atoms with van der Waals surface area (Å²) in [5.74, 6) is -0.443. The number of nitrogens with zero attached hydrogens (tertiary/aromatic N) is 2. The van der Waals surface area contributed by atoms with Crippen molar-refractivity contribution in [3.63, 3.8) is 0 Å². The SMILES string of the molecule is CN1CC2CCN(C(=O)[C@@H](COCc3ccccc3)NC(=O)C(C)(C)N)CC2(Cc2ccccc2)C1=O.Cl. The number of carbonyl (C=O) groups is 3. The number of hydrogen-bond acceptors (Lipinski definition) is 5. The third-order valence-electron chi connectivity index (χ3n) is 7.53. The third kappa shape index (κ3) is 6.54. The highest BCUT2D eigenvalue weighted by molar-refractivity contribution is 5.92. The van der Waals surface area contributed by atoms with Crippen LogP contribution in [0.2, 0.25) is 0 Å². The minimum Gasteiger partial charge on any atom is -0.374 e. The van der Waals surface area contributed by atoms with Gasteiger partial charge in [0.2, 0.25) is 17.7 Å². The van der Waals surface area contributed by atoms with E-state index in [2.05, 4.69) is 5.32 Å². The predicted octanol–water partition coefficient (Wildman–Crippen LogP) is 2.40. The van der Waals surface area contributed by atoms with Gasteiger partial charge in [-0.2, -0.15) is 0 Å². The number of carbonyl (C=O) groups excluding carboxylic acids is 3. The quantitative estimate of drug-likeness (QED) is 0.506. The van der Waals surface area contributed by atoms with Crippen LogP contribution < -0.4 is 11.1 Å². The molecule has 2 unspecified atom stereocenters. The number of nitrogens with one attached hydrogen (secondary N) is 1. The Hall–Kier alpha value is -2.94. The predicted molar refractivity (Wildman–Crippen MR) is 148 cm³/mol. The summed E-state index contributed by atoms with van der Waals surface area (Å²) in [7, 11) is 1.84. The van der Waals surface area contributed by atoms with Gasteiger partial charge < -0.3 is 25.6 Å². The molecule has 9 heteroatoms. The molecule has 3 amide bonds. The standard InChI is InChI=1S/C29H38N4O4.ClH/c1-28(2,30)26(35)31-24(19-37-18-22-12-8-5-9-13-22)25(34)33-15-14-23-17-32(3)27(36)29(23,20-33)16-21-10-6-4-7-11-21;/h4-13,23-24H,14-20,30H2,1-3H3,(H,31,35);1H/t23?,24-,29?;/m1./s1. The molecule has 2 heterocycles. The fraction of sp³-hybridized carbons (Fsp3) is 0.483. The van der Waals surface area contributed by atoms with Crippen molar-refractivity contribution in [1.29, 1.82) is 0 Å². The minimum atomic E-state index is -1.15. The molecule has 0 aliphatic carbocycles. The van der Waals surface area contributed by atoms with Crippen LogP contribution in [0.4, 0.5) is 0 Å². The van der Waals surface area contributed by atoms with E-state index < -0.39 is 22.9 Å². The molecule has 2 aromatic carbocycles. The number of rotatable bonds is 9. The summed E-state index contributed by atoms with van der Waals surface area (Å²) in [5.41, 5.74) is 6.22. The molecule has 2 aromatic rings. The molecule has 0 bridgehead atoms. The Balaban J connectivity index is 0.00000400. The first kappa shape index (κ1) is 29.6. The average molecular weight is 543 g/mol. The largest absolute Gasteiger partial charge is 0.374 e. The van der Waals surface area contributed by atoms with Gasteiger partial charge in [-0.25, -0.2) is 0 Å². The summed E-state index contributed by atoms with van der Waals surface area (Å²) in [6.07, 6.45) is 1.30. The number of ether oxygens (including phenoxy) is 1. The zero-order chi connectivity index (χ0) is 26.6. The lowest BCUT2D eigenvalue weighted by Gasteiger charge is -2.44. The van der Waals surface area contributed by atoms with Crippen LogP contribution in [0.15, 0.2) is 60.7 Å². The van der Waals surface area contributed by atoms with Crippen molar-refractivity contribution in [2.75, 3.05) is 33.3 Å². The summed E-state index contributed by atoms with van der Waals surface area (Å²) in [6, 6.07) is 18.7. The molecule has 3 N–H and O–H groups in total. The molecule has 0 aromatic heterocycles. The maximum atomic E-state index is 13.8. The Morgan fingerprint density at radius 2 is 1.71 bits per heavy atom. The van der Waals surface area contributed by atoms with Crippen LogP contribution in [0.25, 0.3) is 0 Å². The van der Waals surface area contributed by atoms with Crippen molar-refractivity contribution in [3.8, 4) is 0 Å². The summed E-state index contributed by atoms with van der Waals surface area (Å²) < 4.78 is 5.87. The van der Waals surface area contributed by atoms with E-state index in [9.17, 15) is 14.4 Å². The average Bonchev–Trinajstić information content (AvgIpc) is 3.12. The number of nitrogens with two attached hydrogens (primary N) is 1. The number of halogens is 1. The monoisotopic (exact) mass is 542 g/mol. The summed E-state index contributed by atoms with van der Waals surface area (Å²) in [5, 5.41) is 2.81. The number of fused-ring (bicyclic) bond motifs is 1. The van der Waals surface area contributed by atoms with Crippen molar-refractivity contribution in [3.05, 3.63) is 71.8 Å². The summed E-state index contributed by atoms with van der Waals surface area (Å²) >= 11 is 0. The highest BCUT2D eigenvalue weighted by atomic mass is 35.5. The highest BCUT2D eigenvalue weighted by Gasteiger charge is 2.56. The Morgan fingerprint density at radius 1 is 1.11 bits per heavy atom. The normalized spacial score (nSPS) is 21.9. The second-order valence-electron chi connectivity index (χ2n) is 11.0. The van der Waals surface area contributed by atoms with Gasteiger partial charge in [0.25, 0.3) is 0 Å². The first-order valence-electron chi connectivity index (χ1n) is 12.9. The molecule has 8 nitrogen and oxygen atoms in total. The summed E-state index contributed by atoms with van der Waals surface area (Å²) in [4.78, 5) is 43.6. The van der Waals surface area contributed by atoms with Crippen molar-refractivity contribution in [1.82, 2.24) is 15.1 Å². The lowest BCUT2D eigenvalue weighted by Crippen LogP contribution is -2.61. The molecule has 0 saturated carbocycles. The molecule has 3 atom stereocenters. The van der Waals surface area contributed by atoms with Crippen molar-refractivity contribution in [2.45, 2.75) is 44.9 Å². The number of piperidine rings is 1. The minimum absolute atomic E-state index is 0. The molecule has 206 valence electrons. The van der Waals surface area contributed by atoms with E-state index in [1.807, 2.05) is 67.7 Å². The fourth-order valence-corrected chi connectivity index (χ4v) is 5.47. The van der Waals surface area contributed by atoms with Gasteiger partial charge in [0.1, 0.15) is 6.04 Å². The second kappa shape index (κ2) is 12.3. The van der Waals surface area contributed by atoms with E-state index in [1.165, 1.54) is 0 Å². The van der Waals surface area contributed by atoms with Gasteiger partial charge in [-0.1, -0.05) is 60.7 Å². The van der Waals surface area contributed by atoms with Crippen LogP contribution in [0.3, 0.4) is 0 Å². The number of amides is 3. The maximum Gasteiger partial charge on any atom is 0.247 e. The van der Waals surface area contributed by atoms with E-state index in [0.29, 0.717) is 32.7 Å². The van der Waals surface area contributed by atoms with Gasteiger partial charge in [-0.3, -0.25) is 14.4 Å². The highest BCUT2D eigenvalue weighted by Crippen LogP contribution is 2.45. The topological polar surface area (TPSA) is 105 Å². The Morgan fingerprint density at radius 3 is 2.32 bits per heavy atom. The van der Waals surface area contributed by atoms with Crippen LogP contribution in [-0.2, 0) is 32.1 Å². The summed E-state index contributed by atoms with van der Waals surface area (Å²) in [6.45, 7) is 5.05. The smallest absolute Gasteiger partial charge is 0.247 e. The number of hydrogen-bond donors (Lipinski definition) is 2. The van der Waals surface area contributed by atoms with E-state index in [-0.39, 0.29) is 36.7 Å². The molecule has 38 heavy (non-hydrogen) atoms. The van der Waals surface area contributed by atoms with Crippen LogP contribution >= 0.6 is 12.4 Å². The molecular weight excluding hydrogens is 504 g/mol. The van der Waals surface area contributed by atoms with Crippen molar-refractivity contribution < 1.29 is 19.1 Å². The van der Waals surface area contributed by atoms with E-state index in [4.69, 9.17) is 10.5 Å². The molecule has 2 aliphatic rings. The number of benzene rings is 2. The Labute approximate surface area is 231 Å². The van der Waals surface area contributed by atoms with Gasteiger partial charge in [0.15, 0.2) is 0 Å². The van der Waals surface area contributed by atoms with Gasteiger partial charge in [-0.15, -0.1) is 12.4 Å². The van der Waals surface area contributed by atoms with E-state index >= 15 is 0 Å². The van der Waals surface area contributed by atoms with Gasteiger partial charge in [0, 0.05) is 26.7 Å². The van der Waals surface area contributed by atoms with E-state index in [0.717, 1.165) is 17.5 Å². The zero-order valence-electron chi connectivity index (χ0n) is 22.4. The van der Waals surface area contributed by atoms with Gasteiger partial charge in [-0.05, 0) is 43.7 Å². The van der Waals surface area contributed by atoms with Crippen LogP contribution in [0.5, 0.6) is 0 Å². The Kier molecular flexibility index (Phi) is 9.57. The van der Waals surface area contributed by atoms with Crippen LogP contribution in [0, 0.1) is 11.3 Å². The van der Waals surface area contributed by atoms with Crippen molar-refractivity contribution >= 4 is 30.1 Å². The Bertz CT molecular complexity index is 1110. The van der Waals surface area contributed by atoms with Crippen LogP contribution in [-0.4, -0.2) is 72.4 Å². The fourth-order valence-electron chi connectivity index (χ4n) is 5.47. The van der Waals surface area contributed by atoms with Gasteiger partial charge >= 0.3 is 0 Å². The lowest BCUT2D eigenvalue weighted by molar-refractivity contribution is -0.147. The molecule has 2 saturated heterocycles. The molecular formula is C29H39ClN4O4. The number of likely N-dealkylation sites (tertiary alicyclic amines) is 2. The van der Waals surface area contributed by atoms with Crippen LogP contribution in [0.1, 0.15) is 31.4 Å². The molecule has 0 spiro atoms. The first-order chi connectivity index (χ1) is 17.6. The van der Waals surface area contributed by atoms with Gasteiger partial charge in [0.05, 0.1) is 24.2 Å². The molecule has 2 aliphatic heterocycles.